The molecule has 1 atom stereocenters. The fourth-order valence-corrected chi connectivity index (χ4v) is 0.817. The van der Waals surface area contributed by atoms with Crippen molar-refractivity contribution in [2.75, 3.05) is 7.11 Å². The molecule has 0 spiro atoms. The Balaban J connectivity index is 2.74. The average molecular weight is 274 g/mol. The first-order valence-electron chi connectivity index (χ1n) is 4.05. The highest BCUT2D eigenvalue weighted by atomic mass is 19.4. The van der Waals surface area contributed by atoms with Gasteiger partial charge in [0.2, 0.25) is 0 Å². The third kappa shape index (κ3) is 2.37. The number of alkyl halides is 4. The number of methoxy groups -OCH3 is 1. The molecular weight excluding hydrogens is 271 g/mol. The Morgan fingerprint density at radius 1 is 1.33 bits per heavy atom. The quantitative estimate of drug-likeness (QED) is 0.275. The molecule has 0 aromatic rings. The molecular formula is C6H3BF4O7. The summed E-state index contributed by atoms with van der Waals surface area (Å²) in [7, 11) is -1.85. The van der Waals surface area contributed by atoms with E-state index >= 15 is 0 Å². The minimum atomic E-state index is -5.73. The second kappa shape index (κ2) is 4.44. The number of esters is 1. The second-order valence-electron chi connectivity index (χ2n) is 2.80. The number of carbonyl (C=O) groups is 3. The van der Waals surface area contributed by atoms with Crippen molar-refractivity contribution in [2.24, 2.45) is 0 Å². The molecule has 1 aliphatic heterocycles. The lowest BCUT2D eigenvalue weighted by molar-refractivity contribution is -0.286. The van der Waals surface area contributed by atoms with Crippen LogP contribution in [0.5, 0.6) is 0 Å². The largest absolute Gasteiger partial charge is 0.795 e. The summed E-state index contributed by atoms with van der Waals surface area (Å²) in [6.45, 7) is 0. The first-order chi connectivity index (χ1) is 8.11. The summed E-state index contributed by atoms with van der Waals surface area (Å²) in [6.07, 6.45) is -5.73. The molecule has 0 aliphatic carbocycles. The van der Waals surface area contributed by atoms with Crippen LogP contribution < -0.4 is 0 Å². The number of hydrogen-bond donors (Lipinski definition) is 0. The fourth-order valence-electron chi connectivity index (χ4n) is 0.817. The molecule has 12 heteroatoms. The van der Waals surface area contributed by atoms with Crippen LogP contribution in [0.25, 0.3) is 0 Å². The van der Waals surface area contributed by atoms with Gasteiger partial charge in [0.1, 0.15) is 0 Å². The maximum atomic E-state index is 13.1. The Labute approximate surface area is 96.1 Å². The molecule has 1 fully saturated rings. The Morgan fingerprint density at radius 2 is 1.89 bits per heavy atom. The lowest BCUT2D eigenvalue weighted by Gasteiger charge is -2.17. The van der Waals surface area contributed by atoms with Gasteiger partial charge in [-0.15, -0.1) is 0 Å². The predicted molar refractivity (Wildman–Crippen MR) is 40.9 cm³/mol. The Morgan fingerprint density at radius 3 is 2.28 bits per heavy atom. The zero-order valence-corrected chi connectivity index (χ0v) is 8.45. The van der Waals surface area contributed by atoms with E-state index in [-0.39, 0.29) is 0 Å². The van der Waals surface area contributed by atoms with Crippen LogP contribution >= 0.6 is 0 Å². The highest BCUT2D eigenvalue weighted by Gasteiger charge is 2.73. The summed E-state index contributed by atoms with van der Waals surface area (Å²) in [6, 6.07) is 0. The van der Waals surface area contributed by atoms with E-state index in [0.717, 1.165) is 7.11 Å². The number of carbonyl (C=O) groups excluding carboxylic acids is 3. The molecule has 100 valence electrons. The van der Waals surface area contributed by atoms with Crippen molar-refractivity contribution < 1.29 is 50.6 Å². The van der Waals surface area contributed by atoms with Gasteiger partial charge in [0, 0.05) is 0 Å². The molecule has 0 aromatic carbocycles. The van der Waals surface area contributed by atoms with E-state index in [1.54, 1.807) is 0 Å². The Bertz CT molecular complexity index is 396. The van der Waals surface area contributed by atoms with Gasteiger partial charge in [-0.1, -0.05) is 0 Å². The Kier molecular flexibility index (Phi) is 3.51. The number of ether oxygens (including phenoxy) is 1. The predicted octanol–water partition coefficient (Wildman–Crippen LogP) is -0.511. The van der Waals surface area contributed by atoms with Crippen molar-refractivity contribution in [3.05, 3.63) is 0 Å². The van der Waals surface area contributed by atoms with Crippen molar-refractivity contribution in [2.45, 2.75) is 12.0 Å². The van der Waals surface area contributed by atoms with E-state index in [9.17, 15) is 31.9 Å². The highest BCUT2D eigenvalue weighted by molar-refractivity contribution is 6.48. The minimum absolute atomic E-state index is 0.778. The van der Waals surface area contributed by atoms with E-state index in [1.165, 1.54) is 0 Å². The van der Waals surface area contributed by atoms with Crippen molar-refractivity contribution in [1.29, 1.82) is 0 Å². The van der Waals surface area contributed by atoms with Gasteiger partial charge in [0.15, 0.2) is 0 Å². The minimum Gasteiger partial charge on any atom is -0.469 e. The van der Waals surface area contributed by atoms with Gasteiger partial charge in [0.25, 0.3) is 0 Å². The molecule has 0 aromatic heterocycles. The van der Waals surface area contributed by atoms with Crippen molar-refractivity contribution >= 4 is 25.2 Å². The van der Waals surface area contributed by atoms with Crippen molar-refractivity contribution in [1.82, 2.24) is 0 Å². The molecule has 7 nitrogen and oxygen atoms in total. The molecule has 1 unspecified atom stereocenters. The van der Waals surface area contributed by atoms with E-state index < -0.39 is 37.3 Å². The molecule has 0 amide bonds. The van der Waals surface area contributed by atoms with Crippen molar-refractivity contribution in [3.63, 3.8) is 0 Å². The first kappa shape index (κ1) is 14.2. The van der Waals surface area contributed by atoms with Gasteiger partial charge in [-0.25, -0.2) is 14.4 Å². The van der Waals surface area contributed by atoms with Crippen LogP contribution in [0, 0.1) is 0 Å². The molecule has 18 heavy (non-hydrogen) atoms. The molecule has 1 saturated heterocycles. The molecule has 1 heterocycles. The van der Waals surface area contributed by atoms with E-state index in [1.807, 2.05) is 0 Å². The van der Waals surface area contributed by atoms with Gasteiger partial charge in [-0.3, -0.25) is 0 Å². The van der Waals surface area contributed by atoms with Gasteiger partial charge >= 0.3 is 37.3 Å². The molecule has 1 rings (SSSR count). The molecule has 0 N–H and O–H groups in total. The highest BCUT2D eigenvalue weighted by Crippen LogP contribution is 2.40. The molecule has 0 saturated carbocycles. The standard InChI is InChI=1S/C6H3BF4O7/c1-15-2(12)3(13)16-7-17-4(14)5(8,18-7)6(9,10)11/h1H3. The van der Waals surface area contributed by atoms with E-state index in [0.29, 0.717) is 0 Å². The number of rotatable bonds is 1. The lowest BCUT2D eigenvalue weighted by Crippen LogP contribution is -2.47. The summed E-state index contributed by atoms with van der Waals surface area (Å²) in [5.41, 5.74) is 0. The molecule has 1 aliphatic rings. The SMILES string of the molecule is COC(=O)C(=O)OB1OC(=O)C(F)(C(F)(F)F)O1. The summed E-state index contributed by atoms with van der Waals surface area (Å²) >= 11 is 0. The molecule has 0 bridgehead atoms. The fraction of sp³-hybridized carbons (Fsp3) is 0.500. The van der Waals surface area contributed by atoms with Gasteiger partial charge in [-0.05, 0) is 0 Å². The normalized spacial score (nSPS) is 23.6. The van der Waals surface area contributed by atoms with Crippen LogP contribution in [0.4, 0.5) is 17.6 Å². The maximum absolute atomic E-state index is 13.1. The van der Waals surface area contributed by atoms with Gasteiger partial charge in [0.05, 0.1) is 7.11 Å². The Hall–Kier alpha value is -1.85. The van der Waals surface area contributed by atoms with E-state index in [4.69, 9.17) is 0 Å². The van der Waals surface area contributed by atoms with Gasteiger partial charge in [-0.2, -0.15) is 17.6 Å². The third-order valence-electron chi connectivity index (χ3n) is 1.64. The summed E-state index contributed by atoms with van der Waals surface area (Å²) in [4.78, 5) is 31.9. The second-order valence-corrected chi connectivity index (χ2v) is 2.80. The van der Waals surface area contributed by atoms with Crippen LogP contribution in [-0.4, -0.2) is 44.4 Å². The van der Waals surface area contributed by atoms with Crippen LogP contribution in [0.3, 0.4) is 0 Å². The van der Waals surface area contributed by atoms with Crippen LogP contribution in [-0.2, 0) is 33.1 Å². The zero-order chi connectivity index (χ0) is 14.1. The first-order valence-corrected chi connectivity index (χ1v) is 4.05. The molecule has 0 radical (unpaired) electrons. The summed E-state index contributed by atoms with van der Waals surface area (Å²) in [5, 5.41) is 0. The smallest absolute Gasteiger partial charge is 0.469 e. The number of hydrogen-bond acceptors (Lipinski definition) is 7. The van der Waals surface area contributed by atoms with Crippen molar-refractivity contribution in [3.8, 4) is 0 Å². The number of halogens is 4. The van der Waals surface area contributed by atoms with E-state index in [2.05, 4.69) is 18.7 Å². The van der Waals surface area contributed by atoms with Crippen LogP contribution in [0.15, 0.2) is 0 Å². The van der Waals surface area contributed by atoms with Crippen LogP contribution in [0.1, 0.15) is 0 Å². The maximum Gasteiger partial charge on any atom is 0.795 e. The van der Waals surface area contributed by atoms with Gasteiger partial charge < -0.3 is 18.7 Å². The van der Waals surface area contributed by atoms with Crippen LogP contribution in [0.2, 0.25) is 0 Å². The summed E-state index contributed by atoms with van der Waals surface area (Å²) in [5.74, 6) is -10.6. The summed E-state index contributed by atoms with van der Waals surface area (Å²) < 4.78 is 64.1. The zero-order valence-electron chi connectivity index (χ0n) is 8.45. The average Bonchev–Trinajstić information content (AvgIpc) is 2.53. The third-order valence-corrected chi connectivity index (χ3v) is 1.64. The monoisotopic (exact) mass is 274 g/mol. The lowest BCUT2D eigenvalue weighted by atomic mass is 10.2. The topological polar surface area (TPSA) is 88.1 Å².